The summed E-state index contributed by atoms with van der Waals surface area (Å²) in [5.41, 5.74) is 2.64. The van der Waals surface area contributed by atoms with Crippen molar-refractivity contribution in [3.8, 4) is 17.2 Å². The van der Waals surface area contributed by atoms with Crippen molar-refractivity contribution in [1.82, 2.24) is 4.98 Å². The Balaban J connectivity index is 1.43. The maximum absolute atomic E-state index is 13.7. The van der Waals surface area contributed by atoms with Gasteiger partial charge in [-0.25, -0.2) is 4.98 Å². The van der Waals surface area contributed by atoms with Crippen LogP contribution in [0.4, 0.5) is 5.13 Å². The van der Waals surface area contributed by atoms with E-state index in [0.29, 0.717) is 52.2 Å². The topological polar surface area (TPSA) is 98.2 Å². The summed E-state index contributed by atoms with van der Waals surface area (Å²) in [5.74, 6) is -0.0481. The predicted octanol–water partition coefficient (Wildman–Crippen LogP) is 6.91. The molecule has 0 spiro atoms. The van der Waals surface area contributed by atoms with Crippen molar-refractivity contribution >= 4 is 44.1 Å². The summed E-state index contributed by atoms with van der Waals surface area (Å²) >= 11 is 1.27. The molecule has 1 aromatic heterocycles. The van der Waals surface area contributed by atoms with Gasteiger partial charge >= 0.3 is 5.91 Å². The Morgan fingerprint density at radius 3 is 2.40 bits per heavy atom. The summed E-state index contributed by atoms with van der Waals surface area (Å²) in [4.78, 5) is 33.3. The second-order valence-electron chi connectivity index (χ2n) is 9.80. The van der Waals surface area contributed by atoms with Gasteiger partial charge < -0.3 is 19.3 Å². The van der Waals surface area contributed by atoms with Crippen LogP contribution in [0.15, 0.2) is 103 Å². The molecule has 0 saturated carbocycles. The Labute approximate surface area is 252 Å². The zero-order chi connectivity index (χ0) is 29.9. The summed E-state index contributed by atoms with van der Waals surface area (Å²) in [6, 6.07) is 28.3. The number of carbonyl (C=O) groups is 2. The molecular weight excluding hydrogens is 564 g/mol. The maximum Gasteiger partial charge on any atom is 0.301 e. The van der Waals surface area contributed by atoms with Crippen LogP contribution in [0.3, 0.4) is 0 Å². The summed E-state index contributed by atoms with van der Waals surface area (Å²) in [7, 11) is 1.58. The SMILES string of the molecule is CCOc1cccc(/C(O)=C2\C(=O)C(=O)N(c3nc4ccc(OC)cc4s3)C2c2ccc(OCc3ccccc3)cc2)c1. The summed E-state index contributed by atoms with van der Waals surface area (Å²) < 4.78 is 17.7. The van der Waals surface area contributed by atoms with E-state index >= 15 is 0 Å². The number of thiazole rings is 1. The van der Waals surface area contributed by atoms with Gasteiger partial charge in [0.2, 0.25) is 0 Å². The van der Waals surface area contributed by atoms with Crippen LogP contribution in [0.1, 0.15) is 29.7 Å². The van der Waals surface area contributed by atoms with Gasteiger partial charge in [0.05, 0.1) is 35.5 Å². The molecule has 1 saturated heterocycles. The molecule has 216 valence electrons. The molecule has 43 heavy (non-hydrogen) atoms. The van der Waals surface area contributed by atoms with Gasteiger partial charge in [-0.1, -0.05) is 65.9 Å². The zero-order valence-corrected chi connectivity index (χ0v) is 24.3. The number of nitrogens with zero attached hydrogens (tertiary/aromatic N) is 2. The minimum absolute atomic E-state index is 0.0339. The highest BCUT2D eigenvalue weighted by Gasteiger charge is 2.48. The van der Waals surface area contributed by atoms with Crippen molar-refractivity contribution in [2.75, 3.05) is 18.6 Å². The van der Waals surface area contributed by atoms with Gasteiger partial charge in [0, 0.05) is 5.56 Å². The van der Waals surface area contributed by atoms with Crippen molar-refractivity contribution in [1.29, 1.82) is 0 Å². The van der Waals surface area contributed by atoms with Gasteiger partial charge in [-0.2, -0.15) is 0 Å². The Kier molecular flexibility index (Phi) is 7.81. The van der Waals surface area contributed by atoms with E-state index in [1.54, 1.807) is 67.8 Å². The second-order valence-corrected chi connectivity index (χ2v) is 10.8. The van der Waals surface area contributed by atoms with Gasteiger partial charge in [0.15, 0.2) is 5.13 Å². The first kappa shape index (κ1) is 28.0. The largest absolute Gasteiger partial charge is 0.507 e. The number of ether oxygens (including phenoxy) is 3. The lowest BCUT2D eigenvalue weighted by molar-refractivity contribution is -0.132. The molecule has 0 radical (unpaired) electrons. The Morgan fingerprint density at radius 1 is 0.884 bits per heavy atom. The second kappa shape index (κ2) is 12.0. The van der Waals surface area contributed by atoms with Crippen LogP contribution in [0.2, 0.25) is 0 Å². The van der Waals surface area contributed by atoms with Crippen LogP contribution in [0.5, 0.6) is 17.2 Å². The Bertz CT molecular complexity index is 1830. The van der Waals surface area contributed by atoms with E-state index < -0.39 is 17.7 Å². The lowest BCUT2D eigenvalue weighted by Gasteiger charge is -2.23. The Morgan fingerprint density at radius 2 is 1.65 bits per heavy atom. The molecule has 2 heterocycles. The number of aliphatic hydroxyl groups excluding tert-OH is 1. The van der Waals surface area contributed by atoms with Gasteiger partial charge in [0.1, 0.15) is 29.6 Å². The number of carbonyl (C=O) groups excluding carboxylic acids is 2. The first-order valence-corrected chi connectivity index (χ1v) is 14.5. The lowest BCUT2D eigenvalue weighted by atomic mass is 9.95. The van der Waals surface area contributed by atoms with Gasteiger partial charge in [-0.15, -0.1) is 0 Å². The molecule has 1 aliphatic heterocycles. The van der Waals surface area contributed by atoms with Crippen molar-refractivity contribution in [2.24, 2.45) is 0 Å². The molecule has 1 aliphatic rings. The molecule has 4 aromatic carbocycles. The average molecular weight is 593 g/mol. The first-order chi connectivity index (χ1) is 21.0. The summed E-state index contributed by atoms with van der Waals surface area (Å²) in [6.45, 7) is 2.69. The molecular formula is C34H28N2O6S. The van der Waals surface area contributed by atoms with Crippen molar-refractivity contribution in [3.63, 3.8) is 0 Å². The molecule has 8 nitrogen and oxygen atoms in total. The van der Waals surface area contributed by atoms with E-state index in [4.69, 9.17) is 14.2 Å². The number of anilines is 1. The number of aromatic nitrogens is 1. The fourth-order valence-electron chi connectivity index (χ4n) is 5.01. The fraction of sp³-hybridized carbons (Fsp3) is 0.147. The third kappa shape index (κ3) is 5.54. The van der Waals surface area contributed by atoms with E-state index in [0.717, 1.165) is 10.3 Å². The van der Waals surface area contributed by atoms with E-state index in [1.807, 2.05) is 43.3 Å². The number of hydrogen-bond donors (Lipinski definition) is 1. The molecule has 1 fully saturated rings. The van der Waals surface area contributed by atoms with Crippen molar-refractivity contribution < 1.29 is 28.9 Å². The van der Waals surface area contributed by atoms with Crippen LogP contribution in [-0.4, -0.2) is 35.5 Å². The number of rotatable bonds is 9. The number of hydrogen-bond acceptors (Lipinski definition) is 8. The minimum atomic E-state index is -0.929. The molecule has 0 bridgehead atoms. The molecule has 1 amide bonds. The van der Waals surface area contributed by atoms with Crippen LogP contribution < -0.4 is 19.1 Å². The first-order valence-electron chi connectivity index (χ1n) is 13.7. The normalized spacial score (nSPS) is 16.0. The third-order valence-electron chi connectivity index (χ3n) is 7.10. The van der Waals surface area contributed by atoms with Gasteiger partial charge in [0.25, 0.3) is 5.78 Å². The quantitative estimate of drug-likeness (QED) is 0.113. The van der Waals surface area contributed by atoms with Crippen LogP contribution in [0, 0.1) is 0 Å². The molecule has 5 aromatic rings. The standard InChI is InChI=1S/C34H28N2O6S/c1-3-41-26-11-7-10-23(18-26)31(37)29-30(22-12-14-24(15-13-22)42-20-21-8-5-4-6-9-21)36(33(39)32(29)38)34-35-27-17-16-25(40-2)19-28(27)43-34/h4-19,30,37H,3,20H2,1-2H3/b31-29+. The van der Waals surface area contributed by atoms with E-state index in [-0.39, 0.29) is 11.3 Å². The van der Waals surface area contributed by atoms with E-state index in [9.17, 15) is 14.7 Å². The summed E-state index contributed by atoms with van der Waals surface area (Å²) in [6.07, 6.45) is 0. The van der Waals surface area contributed by atoms with E-state index in [1.165, 1.54) is 16.2 Å². The number of amides is 1. The number of methoxy groups -OCH3 is 1. The molecule has 1 unspecified atom stereocenters. The molecule has 1 atom stereocenters. The minimum Gasteiger partial charge on any atom is -0.507 e. The number of benzene rings is 4. The number of fused-ring (bicyclic) bond motifs is 1. The molecule has 9 heteroatoms. The predicted molar refractivity (Wildman–Crippen MR) is 166 cm³/mol. The molecule has 0 aliphatic carbocycles. The third-order valence-corrected chi connectivity index (χ3v) is 8.11. The van der Waals surface area contributed by atoms with Gasteiger partial charge in [-0.05, 0) is 60.5 Å². The van der Waals surface area contributed by atoms with Crippen molar-refractivity contribution in [2.45, 2.75) is 19.6 Å². The highest BCUT2D eigenvalue weighted by Crippen LogP contribution is 2.45. The van der Waals surface area contributed by atoms with E-state index in [2.05, 4.69) is 4.98 Å². The highest BCUT2D eigenvalue weighted by atomic mass is 32.1. The smallest absolute Gasteiger partial charge is 0.301 e. The monoisotopic (exact) mass is 592 g/mol. The molecule has 6 rings (SSSR count). The number of ketones is 1. The molecule has 1 N–H and O–H groups in total. The van der Waals surface area contributed by atoms with Crippen molar-refractivity contribution in [3.05, 3.63) is 119 Å². The average Bonchev–Trinajstić information content (AvgIpc) is 3.58. The lowest BCUT2D eigenvalue weighted by Crippen LogP contribution is -2.29. The summed E-state index contributed by atoms with van der Waals surface area (Å²) in [5, 5.41) is 11.9. The Hall–Kier alpha value is -5.15. The van der Waals surface area contributed by atoms with Crippen LogP contribution in [-0.2, 0) is 16.2 Å². The van der Waals surface area contributed by atoms with Crippen LogP contribution >= 0.6 is 11.3 Å². The van der Waals surface area contributed by atoms with Gasteiger partial charge in [-0.3, -0.25) is 14.5 Å². The maximum atomic E-state index is 13.7. The number of Topliss-reactive ketones (excluding diaryl/α,β-unsaturated/α-hetero) is 1. The fourth-order valence-corrected chi connectivity index (χ4v) is 6.03. The number of aliphatic hydroxyl groups is 1. The zero-order valence-electron chi connectivity index (χ0n) is 23.5. The van der Waals surface area contributed by atoms with Crippen LogP contribution in [0.25, 0.3) is 16.0 Å². The highest BCUT2D eigenvalue weighted by molar-refractivity contribution is 7.22.